The molecule has 0 aliphatic carbocycles. The van der Waals surface area contributed by atoms with Gasteiger partial charge in [-0.2, -0.15) is 0 Å². The number of carbonyl (C=O) groups excluding carboxylic acids is 1. The molecule has 2 aromatic heterocycles. The molecule has 1 N–H and O–H groups in total. The molecule has 5 heteroatoms. The standard InChI is InChI=1S/C25H23N3O2/c1-16-6-4-8-20(14-16)18(3)24(29)27-25-22(19-10-12-26-13-11-19)23(28-30-25)21-9-5-7-17(2)15-21/h4-15,18H,1-3H3,(H,27,29). The molecule has 0 saturated carbocycles. The molecule has 0 spiro atoms. The summed E-state index contributed by atoms with van der Waals surface area (Å²) in [7, 11) is 0. The van der Waals surface area contributed by atoms with Gasteiger partial charge in [0.1, 0.15) is 5.69 Å². The minimum Gasteiger partial charge on any atom is -0.337 e. The minimum absolute atomic E-state index is 0.150. The number of hydrogen-bond donors (Lipinski definition) is 1. The highest BCUT2D eigenvalue weighted by molar-refractivity contribution is 5.99. The Kier molecular flexibility index (Phi) is 5.44. The molecule has 0 aliphatic heterocycles. The molecule has 2 heterocycles. The minimum atomic E-state index is -0.331. The zero-order valence-corrected chi connectivity index (χ0v) is 17.2. The van der Waals surface area contributed by atoms with E-state index in [9.17, 15) is 4.79 Å². The van der Waals surface area contributed by atoms with Gasteiger partial charge in [-0.3, -0.25) is 15.1 Å². The van der Waals surface area contributed by atoms with Gasteiger partial charge >= 0.3 is 0 Å². The molecule has 1 atom stereocenters. The Morgan fingerprint density at radius 1 is 0.933 bits per heavy atom. The van der Waals surface area contributed by atoms with Crippen molar-refractivity contribution >= 4 is 11.8 Å². The fourth-order valence-electron chi connectivity index (χ4n) is 3.46. The highest BCUT2D eigenvalue weighted by Crippen LogP contribution is 2.38. The number of amides is 1. The summed E-state index contributed by atoms with van der Waals surface area (Å²) in [6.45, 7) is 5.93. The predicted molar refractivity (Wildman–Crippen MR) is 118 cm³/mol. The van der Waals surface area contributed by atoms with Gasteiger partial charge in [-0.15, -0.1) is 0 Å². The molecule has 150 valence electrons. The number of aryl methyl sites for hydroxylation is 2. The van der Waals surface area contributed by atoms with Crippen molar-refractivity contribution in [1.82, 2.24) is 10.1 Å². The van der Waals surface area contributed by atoms with Crippen LogP contribution in [0.1, 0.15) is 29.5 Å². The lowest BCUT2D eigenvalue weighted by Gasteiger charge is -2.12. The molecule has 4 rings (SSSR count). The van der Waals surface area contributed by atoms with Crippen molar-refractivity contribution in [2.45, 2.75) is 26.7 Å². The van der Waals surface area contributed by atoms with Gasteiger partial charge in [0.15, 0.2) is 0 Å². The number of nitrogens with one attached hydrogen (secondary N) is 1. The third kappa shape index (κ3) is 4.01. The lowest BCUT2D eigenvalue weighted by Crippen LogP contribution is -2.19. The number of anilines is 1. The fraction of sp³-hybridized carbons (Fsp3) is 0.160. The summed E-state index contributed by atoms with van der Waals surface area (Å²) in [4.78, 5) is 17.1. The van der Waals surface area contributed by atoms with Crippen LogP contribution in [-0.4, -0.2) is 16.0 Å². The van der Waals surface area contributed by atoms with Crippen LogP contribution >= 0.6 is 0 Å². The average Bonchev–Trinajstić information content (AvgIpc) is 3.17. The molecule has 1 amide bonds. The van der Waals surface area contributed by atoms with Crippen LogP contribution in [0.25, 0.3) is 22.4 Å². The molecule has 0 saturated heterocycles. The summed E-state index contributed by atoms with van der Waals surface area (Å²) in [5.41, 5.74) is 6.42. The van der Waals surface area contributed by atoms with Crippen LogP contribution in [0.15, 0.2) is 77.6 Å². The molecule has 4 aromatic rings. The van der Waals surface area contributed by atoms with Crippen molar-refractivity contribution in [3.63, 3.8) is 0 Å². The van der Waals surface area contributed by atoms with E-state index >= 15 is 0 Å². The topological polar surface area (TPSA) is 68.0 Å². The zero-order chi connectivity index (χ0) is 21.1. The molecule has 0 bridgehead atoms. The molecule has 0 fully saturated rings. The van der Waals surface area contributed by atoms with E-state index in [0.29, 0.717) is 11.6 Å². The Balaban J connectivity index is 1.72. The Morgan fingerprint density at radius 2 is 1.63 bits per heavy atom. The summed E-state index contributed by atoms with van der Waals surface area (Å²) < 4.78 is 5.62. The number of aromatic nitrogens is 2. The van der Waals surface area contributed by atoms with Crippen molar-refractivity contribution in [2.24, 2.45) is 0 Å². The van der Waals surface area contributed by atoms with E-state index in [1.807, 2.05) is 81.4 Å². The first kappa shape index (κ1) is 19.6. The third-order valence-corrected chi connectivity index (χ3v) is 5.12. The Hall–Kier alpha value is -3.73. The Bertz CT molecular complexity index is 1180. The van der Waals surface area contributed by atoms with E-state index < -0.39 is 0 Å². The molecule has 5 nitrogen and oxygen atoms in total. The van der Waals surface area contributed by atoms with Crippen molar-refractivity contribution in [2.75, 3.05) is 5.32 Å². The second-order valence-corrected chi connectivity index (χ2v) is 7.47. The first-order valence-corrected chi connectivity index (χ1v) is 9.87. The first-order chi connectivity index (χ1) is 14.5. The maximum atomic E-state index is 13.0. The molecule has 0 radical (unpaired) electrons. The van der Waals surface area contributed by atoms with Crippen LogP contribution in [0.2, 0.25) is 0 Å². The van der Waals surface area contributed by atoms with Crippen molar-refractivity contribution < 1.29 is 9.32 Å². The number of carbonyl (C=O) groups is 1. The second-order valence-electron chi connectivity index (χ2n) is 7.47. The van der Waals surface area contributed by atoms with Gasteiger partial charge < -0.3 is 4.52 Å². The highest BCUT2D eigenvalue weighted by Gasteiger charge is 2.24. The first-order valence-electron chi connectivity index (χ1n) is 9.87. The smallest absolute Gasteiger partial charge is 0.239 e. The second kappa shape index (κ2) is 8.33. The van der Waals surface area contributed by atoms with Gasteiger partial charge in [0, 0.05) is 18.0 Å². The summed E-state index contributed by atoms with van der Waals surface area (Å²) in [5, 5.41) is 7.24. The van der Waals surface area contributed by atoms with Crippen molar-refractivity contribution in [3.8, 4) is 22.4 Å². The van der Waals surface area contributed by atoms with Gasteiger partial charge in [0.05, 0.1) is 11.5 Å². The highest BCUT2D eigenvalue weighted by atomic mass is 16.5. The van der Waals surface area contributed by atoms with Gasteiger partial charge in [-0.1, -0.05) is 58.7 Å². The van der Waals surface area contributed by atoms with Crippen molar-refractivity contribution in [1.29, 1.82) is 0 Å². The van der Waals surface area contributed by atoms with Gasteiger partial charge in [-0.05, 0) is 50.1 Å². The van der Waals surface area contributed by atoms with Crippen LogP contribution in [0, 0.1) is 13.8 Å². The van der Waals surface area contributed by atoms with E-state index in [1.54, 1.807) is 12.4 Å². The van der Waals surface area contributed by atoms with E-state index in [0.717, 1.165) is 33.4 Å². The van der Waals surface area contributed by atoms with E-state index in [-0.39, 0.29) is 11.8 Å². The molecule has 1 unspecified atom stereocenters. The number of hydrogen-bond acceptors (Lipinski definition) is 4. The van der Waals surface area contributed by atoms with Crippen LogP contribution in [0.5, 0.6) is 0 Å². The largest absolute Gasteiger partial charge is 0.337 e. The quantitative estimate of drug-likeness (QED) is 0.465. The molecule has 30 heavy (non-hydrogen) atoms. The van der Waals surface area contributed by atoms with Gasteiger partial charge in [-0.25, -0.2) is 0 Å². The normalized spacial score (nSPS) is 11.8. The fourth-order valence-corrected chi connectivity index (χ4v) is 3.46. The summed E-state index contributed by atoms with van der Waals surface area (Å²) in [6, 6.07) is 19.8. The molecule has 0 aliphatic rings. The molecular formula is C25H23N3O2. The van der Waals surface area contributed by atoms with E-state index in [1.165, 1.54) is 0 Å². The van der Waals surface area contributed by atoms with E-state index in [2.05, 4.69) is 15.5 Å². The maximum absolute atomic E-state index is 13.0. The summed E-state index contributed by atoms with van der Waals surface area (Å²) in [6.07, 6.45) is 3.42. The number of pyridine rings is 1. The van der Waals surface area contributed by atoms with Gasteiger partial charge in [0.25, 0.3) is 0 Å². The maximum Gasteiger partial charge on any atom is 0.239 e. The molecular weight excluding hydrogens is 374 g/mol. The Labute approximate surface area is 175 Å². The van der Waals surface area contributed by atoms with Crippen LogP contribution < -0.4 is 5.32 Å². The average molecular weight is 397 g/mol. The number of rotatable bonds is 5. The van der Waals surface area contributed by atoms with Crippen LogP contribution in [-0.2, 0) is 4.79 Å². The third-order valence-electron chi connectivity index (χ3n) is 5.12. The van der Waals surface area contributed by atoms with Crippen molar-refractivity contribution in [3.05, 3.63) is 89.7 Å². The summed E-state index contributed by atoms with van der Waals surface area (Å²) in [5.74, 6) is -0.146. The zero-order valence-electron chi connectivity index (χ0n) is 17.2. The lowest BCUT2D eigenvalue weighted by molar-refractivity contribution is -0.117. The lowest BCUT2D eigenvalue weighted by atomic mass is 9.98. The van der Waals surface area contributed by atoms with Crippen LogP contribution in [0.4, 0.5) is 5.88 Å². The van der Waals surface area contributed by atoms with Crippen LogP contribution in [0.3, 0.4) is 0 Å². The molecule has 2 aromatic carbocycles. The number of benzene rings is 2. The van der Waals surface area contributed by atoms with Gasteiger partial charge in [0.2, 0.25) is 11.8 Å². The predicted octanol–water partition coefficient (Wildman–Crippen LogP) is 5.76. The SMILES string of the molecule is Cc1cccc(-c2noc(NC(=O)C(C)c3cccc(C)c3)c2-c2ccncc2)c1. The monoisotopic (exact) mass is 397 g/mol. The Morgan fingerprint density at radius 3 is 2.33 bits per heavy atom. The van der Waals surface area contributed by atoms with E-state index in [4.69, 9.17) is 4.52 Å². The summed E-state index contributed by atoms with van der Waals surface area (Å²) >= 11 is 0. The number of nitrogens with zero attached hydrogens (tertiary/aromatic N) is 2.